The highest BCUT2D eigenvalue weighted by molar-refractivity contribution is 9.10. The molecule has 0 aliphatic heterocycles. The van der Waals surface area contributed by atoms with E-state index in [1.54, 1.807) is 0 Å². The lowest BCUT2D eigenvalue weighted by molar-refractivity contribution is 1.14. The number of rotatable bonds is 3. The van der Waals surface area contributed by atoms with Gasteiger partial charge in [-0.1, -0.05) is 45.2 Å². The van der Waals surface area contributed by atoms with Crippen LogP contribution in [0.3, 0.4) is 0 Å². The fourth-order valence-corrected chi connectivity index (χ4v) is 2.42. The van der Waals surface area contributed by atoms with Gasteiger partial charge in [0.1, 0.15) is 0 Å². The Balaban J connectivity index is 2.16. The minimum Gasteiger partial charge on any atom is -0.381 e. The molecule has 2 aromatic carbocycles. The Morgan fingerprint density at radius 1 is 1.11 bits per heavy atom. The second-order valence-electron chi connectivity index (χ2n) is 4.05. The van der Waals surface area contributed by atoms with E-state index in [2.05, 4.69) is 21.2 Å². The van der Waals surface area contributed by atoms with Crippen LogP contribution in [0.5, 0.6) is 0 Å². The number of anilines is 1. The number of nitrogens with one attached hydrogen (secondary N) is 1. The van der Waals surface area contributed by atoms with E-state index in [-0.39, 0.29) is 0 Å². The van der Waals surface area contributed by atoms with Gasteiger partial charge in [0.2, 0.25) is 0 Å². The third-order valence-electron chi connectivity index (χ3n) is 2.68. The van der Waals surface area contributed by atoms with Crippen molar-refractivity contribution in [1.82, 2.24) is 0 Å². The molecule has 2 rings (SSSR count). The highest BCUT2D eigenvalue weighted by atomic mass is 79.9. The van der Waals surface area contributed by atoms with Crippen molar-refractivity contribution in [3.63, 3.8) is 0 Å². The standard InChI is InChI=1S/C14H12BrCl2N/c1-9-2-4-12(16)7-14(9)18-8-10-6-11(15)3-5-13(10)17/h2-7,18H,8H2,1H3. The van der Waals surface area contributed by atoms with Gasteiger partial charge in [-0.2, -0.15) is 0 Å². The fraction of sp³-hybridized carbons (Fsp3) is 0.143. The van der Waals surface area contributed by atoms with E-state index in [0.29, 0.717) is 6.54 Å². The molecule has 94 valence electrons. The molecule has 0 atom stereocenters. The first-order valence-electron chi connectivity index (χ1n) is 5.50. The summed E-state index contributed by atoms with van der Waals surface area (Å²) in [6.07, 6.45) is 0. The molecule has 0 radical (unpaired) electrons. The van der Waals surface area contributed by atoms with Crippen LogP contribution < -0.4 is 5.32 Å². The van der Waals surface area contributed by atoms with Crippen molar-refractivity contribution in [3.8, 4) is 0 Å². The van der Waals surface area contributed by atoms with Crippen LogP contribution in [-0.4, -0.2) is 0 Å². The second kappa shape index (κ2) is 5.96. The van der Waals surface area contributed by atoms with Gasteiger partial charge in [-0.3, -0.25) is 0 Å². The lowest BCUT2D eigenvalue weighted by atomic mass is 10.2. The second-order valence-corrected chi connectivity index (χ2v) is 5.81. The number of aryl methyl sites for hydroxylation is 1. The summed E-state index contributed by atoms with van der Waals surface area (Å²) < 4.78 is 1.02. The SMILES string of the molecule is Cc1ccc(Cl)cc1NCc1cc(Br)ccc1Cl. The zero-order valence-corrected chi connectivity index (χ0v) is 12.9. The van der Waals surface area contributed by atoms with E-state index in [0.717, 1.165) is 31.3 Å². The molecule has 4 heteroatoms. The molecule has 1 nitrogen and oxygen atoms in total. The van der Waals surface area contributed by atoms with E-state index in [1.165, 1.54) is 0 Å². The fourth-order valence-electron chi connectivity index (χ4n) is 1.65. The van der Waals surface area contributed by atoms with Crippen LogP contribution >= 0.6 is 39.1 Å². The molecule has 0 spiro atoms. The molecule has 0 bridgehead atoms. The molecule has 0 amide bonds. The molecular weight excluding hydrogens is 333 g/mol. The van der Waals surface area contributed by atoms with Gasteiger partial charge >= 0.3 is 0 Å². The molecule has 0 aromatic heterocycles. The molecule has 0 saturated carbocycles. The van der Waals surface area contributed by atoms with Crippen molar-refractivity contribution in [2.75, 3.05) is 5.32 Å². The van der Waals surface area contributed by atoms with E-state index in [9.17, 15) is 0 Å². The summed E-state index contributed by atoms with van der Waals surface area (Å²) >= 11 is 15.6. The number of halogens is 3. The lowest BCUT2D eigenvalue weighted by Gasteiger charge is -2.11. The maximum Gasteiger partial charge on any atom is 0.0456 e. The summed E-state index contributed by atoms with van der Waals surface area (Å²) in [4.78, 5) is 0. The predicted molar refractivity (Wildman–Crippen MR) is 82.7 cm³/mol. The summed E-state index contributed by atoms with van der Waals surface area (Å²) in [5.41, 5.74) is 3.23. The Morgan fingerprint density at radius 3 is 2.67 bits per heavy atom. The van der Waals surface area contributed by atoms with Crippen molar-refractivity contribution >= 4 is 44.8 Å². The smallest absolute Gasteiger partial charge is 0.0456 e. The predicted octanol–water partition coefficient (Wildman–Crippen LogP) is 5.68. The third-order valence-corrected chi connectivity index (χ3v) is 3.77. The monoisotopic (exact) mass is 343 g/mol. The van der Waals surface area contributed by atoms with Gasteiger partial charge in [0, 0.05) is 26.8 Å². The first-order chi connectivity index (χ1) is 8.56. The first kappa shape index (κ1) is 13.7. The molecule has 1 N–H and O–H groups in total. The summed E-state index contributed by atoms with van der Waals surface area (Å²) in [5.74, 6) is 0. The normalized spacial score (nSPS) is 10.4. The van der Waals surface area contributed by atoms with Crippen molar-refractivity contribution in [3.05, 3.63) is 62.0 Å². The first-order valence-corrected chi connectivity index (χ1v) is 7.05. The van der Waals surface area contributed by atoms with Crippen molar-refractivity contribution in [1.29, 1.82) is 0 Å². The Hall–Kier alpha value is -0.700. The zero-order valence-electron chi connectivity index (χ0n) is 9.81. The molecule has 0 fully saturated rings. The zero-order chi connectivity index (χ0) is 13.1. The van der Waals surface area contributed by atoms with E-state index in [1.807, 2.05) is 43.3 Å². The highest BCUT2D eigenvalue weighted by Crippen LogP contribution is 2.24. The molecule has 0 saturated heterocycles. The van der Waals surface area contributed by atoms with Gasteiger partial charge in [0.25, 0.3) is 0 Å². The van der Waals surface area contributed by atoms with Gasteiger partial charge in [0.05, 0.1) is 0 Å². The quantitative estimate of drug-likeness (QED) is 0.755. The lowest BCUT2D eigenvalue weighted by Crippen LogP contribution is -2.01. The summed E-state index contributed by atoms with van der Waals surface area (Å²) in [6, 6.07) is 11.6. The van der Waals surface area contributed by atoms with Crippen LogP contribution in [0.15, 0.2) is 40.9 Å². The van der Waals surface area contributed by atoms with Crippen molar-refractivity contribution in [2.45, 2.75) is 13.5 Å². The molecular formula is C14H12BrCl2N. The number of hydrogen-bond acceptors (Lipinski definition) is 1. The molecule has 0 aliphatic carbocycles. The van der Waals surface area contributed by atoms with E-state index < -0.39 is 0 Å². The third kappa shape index (κ3) is 3.41. The summed E-state index contributed by atoms with van der Waals surface area (Å²) in [5, 5.41) is 4.83. The van der Waals surface area contributed by atoms with Gasteiger partial charge in [-0.05, 0) is 48.4 Å². The largest absolute Gasteiger partial charge is 0.381 e. The van der Waals surface area contributed by atoms with Crippen LogP contribution in [0.2, 0.25) is 10.0 Å². The van der Waals surface area contributed by atoms with Gasteiger partial charge in [-0.15, -0.1) is 0 Å². The van der Waals surface area contributed by atoms with Crippen molar-refractivity contribution < 1.29 is 0 Å². The van der Waals surface area contributed by atoms with Crippen LogP contribution in [0, 0.1) is 6.92 Å². The minimum absolute atomic E-state index is 0.666. The van der Waals surface area contributed by atoms with Gasteiger partial charge in [0.15, 0.2) is 0 Å². The Bertz CT molecular complexity index is 518. The Labute approximate surface area is 125 Å². The maximum absolute atomic E-state index is 6.15. The molecule has 0 unspecified atom stereocenters. The van der Waals surface area contributed by atoms with E-state index in [4.69, 9.17) is 23.2 Å². The van der Waals surface area contributed by atoms with Crippen LogP contribution in [0.25, 0.3) is 0 Å². The van der Waals surface area contributed by atoms with Gasteiger partial charge in [-0.25, -0.2) is 0 Å². The van der Waals surface area contributed by atoms with Crippen LogP contribution in [-0.2, 0) is 6.54 Å². The topological polar surface area (TPSA) is 12.0 Å². The highest BCUT2D eigenvalue weighted by Gasteiger charge is 2.03. The van der Waals surface area contributed by atoms with Gasteiger partial charge < -0.3 is 5.32 Å². The average molecular weight is 345 g/mol. The Morgan fingerprint density at radius 2 is 1.89 bits per heavy atom. The average Bonchev–Trinajstić information content (AvgIpc) is 2.34. The molecule has 18 heavy (non-hydrogen) atoms. The van der Waals surface area contributed by atoms with Crippen LogP contribution in [0.1, 0.15) is 11.1 Å². The molecule has 0 aliphatic rings. The minimum atomic E-state index is 0.666. The number of benzene rings is 2. The summed E-state index contributed by atoms with van der Waals surface area (Å²) in [6.45, 7) is 2.71. The molecule has 2 aromatic rings. The van der Waals surface area contributed by atoms with E-state index >= 15 is 0 Å². The number of hydrogen-bond donors (Lipinski definition) is 1. The van der Waals surface area contributed by atoms with Crippen molar-refractivity contribution in [2.24, 2.45) is 0 Å². The van der Waals surface area contributed by atoms with Crippen LogP contribution in [0.4, 0.5) is 5.69 Å². The summed E-state index contributed by atoms with van der Waals surface area (Å²) in [7, 11) is 0. The molecule has 0 heterocycles. The maximum atomic E-state index is 6.15. The Kier molecular flexibility index (Phi) is 4.55.